The van der Waals surface area contributed by atoms with Gasteiger partial charge in [0.05, 0.1) is 16.8 Å². The van der Waals surface area contributed by atoms with Crippen molar-refractivity contribution < 1.29 is 26.6 Å². The van der Waals surface area contributed by atoms with Gasteiger partial charge in [-0.25, -0.2) is 0 Å². The fraction of sp³-hybridized carbons (Fsp3) is 0.130. The van der Waals surface area contributed by atoms with E-state index in [1.807, 2.05) is 75.6 Å². The van der Waals surface area contributed by atoms with Crippen LogP contribution in [0, 0.1) is 0 Å². The van der Waals surface area contributed by atoms with Crippen molar-refractivity contribution in [2.45, 2.75) is 14.0 Å². The Kier molecular flexibility index (Phi) is 16.0. The molecule has 0 N–H and O–H groups in total. The number of halogens is 2. The Bertz CT molecular complexity index is 933. The van der Waals surface area contributed by atoms with Gasteiger partial charge in [0.15, 0.2) is 12.0 Å². The maximum atomic E-state index is 11.7. The molecule has 2 heterocycles. The molecule has 8 heteroatoms. The highest BCUT2D eigenvalue weighted by Gasteiger charge is 2.10. The summed E-state index contributed by atoms with van der Waals surface area (Å²) in [5.74, 6) is 0.181. The third-order valence-electron chi connectivity index (χ3n) is 3.51. The highest BCUT2D eigenvalue weighted by atomic mass is 35.5. The molecule has 0 aliphatic carbocycles. The van der Waals surface area contributed by atoms with E-state index in [4.69, 9.17) is 11.6 Å². The van der Waals surface area contributed by atoms with Gasteiger partial charge in [-0.05, 0) is 0 Å². The van der Waals surface area contributed by atoms with E-state index in [2.05, 4.69) is 4.98 Å². The van der Waals surface area contributed by atoms with Crippen LogP contribution in [0.15, 0.2) is 94.8 Å². The number of aromatic nitrogens is 2. The van der Waals surface area contributed by atoms with Gasteiger partial charge in [-0.15, -0.1) is 22.9 Å². The molecule has 4 aromatic rings. The zero-order valence-corrected chi connectivity index (χ0v) is 19.1. The van der Waals surface area contributed by atoms with Gasteiger partial charge in [0.1, 0.15) is 0 Å². The predicted molar refractivity (Wildman–Crippen MR) is 126 cm³/mol. The summed E-state index contributed by atoms with van der Waals surface area (Å²) >= 11 is 8.53. The zero-order valence-electron chi connectivity index (χ0n) is 15.9. The van der Waals surface area contributed by atoms with Crippen LogP contribution in [0.5, 0.6) is 0 Å². The Balaban J connectivity index is 0.000000465. The number of thiazole rings is 2. The SMILES string of the molecule is C.O=C(CCl)c1ccccc1.O=C(C[n+]1ccsc1)c1ccccc1.[Cl-].c1cscn1. The van der Waals surface area contributed by atoms with Crippen LogP contribution in [0.1, 0.15) is 28.1 Å². The minimum absolute atomic E-state index is 0. The molecule has 0 aliphatic rings. The number of nitrogens with zero attached hydrogens (tertiary/aromatic N) is 2. The Morgan fingerprint density at radius 1 is 0.871 bits per heavy atom. The smallest absolute Gasteiger partial charge is 0.227 e. The van der Waals surface area contributed by atoms with Gasteiger partial charge < -0.3 is 12.4 Å². The molecule has 0 unspecified atom stereocenters. The van der Waals surface area contributed by atoms with Crippen LogP contribution >= 0.6 is 34.3 Å². The maximum absolute atomic E-state index is 11.7. The lowest BCUT2D eigenvalue weighted by Gasteiger charge is -1.94. The average Bonchev–Trinajstić information content (AvgIpc) is 3.52. The van der Waals surface area contributed by atoms with E-state index in [0.29, 0.717) is 12.1 Å². The van der Waals surface area contributed by atoms with Gasteiger partial charge in [-0.3, -0.25) is 14.6 Å². The number of Topliss-reactive ketones (excluding diaryl/α,β-unsaturated/α-hetero) is 2. The van der Waals surface area contributed by atoms with Crippen molar-refractivity contribution in [3.63, 3.8) is 0 Å². The van der Waals surface area contributed by atoms with Crippen molar-refractivity contribution in [1.82, 2.24) is 4.98 Å². The lowest BCUT2D eigenvalue weighted by molar-refractivity contribution is -0.678. The lowest BCUT2D eigenvalue weighted by atomic mass is 10.1. The number of carbonyl (C=O) groups excluding carboxylic acids is 2. The summed E-state index contributed by atoms with van der Waals surface area (Å²) in [6.45, 7) is 0.424. The average molecular weight is 495 g/mol. The van der Waals surface area contributed by atoms with E-state index in [1.54, 1.807) is 46.5 Å². The quantitative estimate of drug-likeness (QED) is 0.243. The number of carbonyl (C=O) groups is 2. The van der Waals surface area contributed by atoms with Gasteiger partial charge in [-0.2, -0.15) is 4.57 Å². The van der Waals surface area contributed by atoms with Crippen molar-refractivity contribution >= 4 is 45.8 Å². The molecule has 0 aliphatic heterocycles. The number of alkyl halides is 1. The molecule has 0 amide bonds. The van der Waals surface area contributed by atoms with Crippen LogP contribution in [0.3, 0.4) is 0 Å². The van der Waals surface area contributed by atoms with Gasteiger partial charge >= 0.3 is 0 Å². The first kappa shape index (κ1) is 28.6. The summed E-state index contributed by atoms with van der Waals surface area (Å²) in [7, 11) is 0. The highest BCUT2D eigenvalue weighted by Crippen LogP contribution is 2.01. The van der Waals surface area contributed by atoms with Crippen molar-refractivity contribution in [1.29, 1.82) is 0 Å². The molecule has 0 saturated carbocycles. The molecule has 2 aromatic heterocycles. The lowest BCUT2D eigenvalue weighted by Crippen LogP contribution is -3.00. The summed E-state index contributed by atoms with van der Waals surface area (Å²) in [6, 6.07) is 18.4. The first-order chi connectivity index (χ1) is 14.2. The number of ketones is 2. The Hall–Kier alpha value is -2.38. The van der Waals surface area contributed by atoms with Crippen LogP contribution in [0.4, 0.5) is 0 Å². The summed E-state index contributed by atoms with van der Waals surface area (Å²) in [5.41, 5.74) is 5.17. The second-order valence-corrected chi connectivity index (χ2v) is 7.36. The molecule has 0 atom stereocenters. The molecule has 0 bridgehead atoms. The normalized spacial score (nSPS) is 8.81. The third kappa shape index (κ3) is 11.5. The molecular formula is C23H24Cl2N2O2S2. The van der Waals surface area contributed by atoms with Crippen molar-refractivity contribution in [3.8, 4) is 0 Å². The molecule has 4 nitrogen and oxygen atoms in total. The number of hydrogen-bond acceptors (Lipinski definition) is 5. The standard InChI is InChI=1S/C11H10NOS.C8H7ClO.C3H3NS.CH4.ClH/c13-11(8-12-6-7-14-9-12)10-4-2-1-3-5-10;9-6-8(10)7-4-2-1-3-5-7;1-2-5-3-4-1;;/h1-7,9H,8H2;1-5H,6H2;1-3H;1H4;1H/q+1;;;;/p-1. The van der Waals surface area contributed by atoms with E-state index in [9.17, 15) is 9.59 Å². The first-order valence-electron chi connectivity index (χ1n) is 8.66. The van der Waals surface area contributed by atoms with E-state index in [1.165, 1.54) is 0 Å². The minimum atomic E-state index is -0.0257. The third-order valence-corrected chi connectivity index (χ3v) is 4.95. The zero-order chi connectivity index (χ0) is 20.7. The van der Waals surface area contributed by atoms with Gasteiger partial charge in [0, 0.05) is 22.7 Å². The summed E-state index contributed by atoms with van der Waals surface area (Å²) in [4.78, 5) is 26.3. The van der Waals surface area contributed by atoms with Gasteiger partial charge in [0.25, 0.3) is 0 Å². The summed E-state index contributed by atoms with van der Waals surface area (Å²) in [5, 5.41) is 3.89. The van der Waals surface area contributed by atoms with Crippen molar-refractivity contribution in [3.05, 3.63) is 106 Å². The predicted octanol–water partition coefficient (Wildman–Crippen LogP) is 2.81. The Morgan fingerprint density at radius 3 is 1.84 bits per heavy atom. The summed E-state index contributed by atoms with van der Waals surface area (Å²) < 4.78 is 1.89. The molecule has 0 saturated heterocycles. The number of rotatable bonds is 5. The van der Waals surface area contributed by atoms with Crippen molar-refractivity contribution in [2.24, 2.45) is 0 Å². The maximum Gasteiger partial charge on any atom is 0.227 e. The fourth-order valence-corrected chi connectivity index (χ4v) is 3.21. The van der Waals surface area contributed by atoms with Crippen LogP contribution < -0.4 is 17.0 Å². The van der Waals surface area contributed by atoms with E-state index in [-0.39, 0.29) is 37.3 Å². The fourth-order valence-electron chi connectivity index (χ4n) is 2.11. The second-order valence-electron chi connectivity index (χ2n) is 5.59. The molecular weight excluding hydrogens is 471 g/mol. The van der Waals surface area contributed by atoms with Crippen LogP contribution in [-0.4, -0.2) is 22.4 Å². The van der Waals surface area contributed by atoms with E-state index >= 15 is 0 Å². The molecule has 0 fully saturated rings. The van der Waals surface area contributed by atoms with Crippen LogP contribution in [0.25, 0.3) is 0 Å². The first-order valence-corrected chi connectivity index (χ1v) is 11.1. The highest BCUT2D eigenvalue weighted by molar-refractivity contribution is 7.07. The molecule has 31 heavy (non-hydrogen) atoms. The Labute approximate surface area is 202 Å². The Morgan fingerprint density at radius 2 is 1.45 bits per heavy atom. The molecule has 0 spiro atoms. The molecule has 2 aromatic carbocycles. The van der Waals surface area contributed by atoms with Crippen LogP contribution in [-0.2, 0) is 6.54 Å². The molecule has 0 radical (unpaired) electrons. The topological polar surface area (TPSA) is 50.9 Å². The van der Waals surface area contributed by atoms with Gasteiger partial charge in [0.2, 0.25) is 17.8 Å². The minimum Gasteiger partial charge on any atom is -1.00 e. The number of benzene rings is 2. The van der Waals surface area contributed by atoms with E-state index in [0.717, 1.165) is 5.56 Å². The second kappa shape index (κ2) is 17.3. The van der Waals surface area contributed by atoms with Gasteiger partial charge in [-0.1, -0.05) is 79.4 Å². The van der Waals surface area contributed by atoms with E-state index < -0.39 is 0 Å². The van der Waals surface area contributed by atoms with Crippen LogP contribution in [0.2, 0.25) is 0 Å². The summed E-state index contributed by atoms with van der Waals surface area (Å²) in [6.07, 6.45) is 3.68. The molecule has 164 valence electrons. The molecule has 4 rings (SSSR count). The van der Waals surface area contributed by atoms with Crippen molar-refractivity contribution in [2.75, 3.05) is 5.88 Å². The largest absolute Gasteiger partial charge is 1.00 e. The number of hydrogen-bond donors (Lipinski definition) is 0. The monoisotopic (exact) mass is 494 g/mol.